The van der Waals surface area contributed by atoms with E-state index >= 15 is 0 Å². The summed E-state index contributed by atoms with van der Waals surface area (Å²) >= 11 is 5.76. The van der Waals surface area contributed by atoms with Crippen molar-refractivity contribution in [2.75, 3.05) is 6.54 Å². The van der Waals surface area contributed by atoms with E-state index in [1.165, 1.54) is 18.2 Å². The number of carbonyl (C=O) groups is 1. The molecular weight excluding hydrogens is 291 g/mol. The van der Waals surface area contributed by atoms with E-state index in [1.54, 1.807) is 0 Å². The molecule has 3 N–H and O–H groups in total. The standard InChI is InChI=1S/C16H16ClFN2O/c17-15-12(7-4-8-13(15)18)16(21)20-10-9-14(19)11-5-2-1-3-6-11/h1-8,14H,9-10,19H2,(H,20,21). The molecule has 5 heteroatoms. The Hall–Kier alpha value is -1.91. The molecule has 110 valence electrons. The second-order valence-electron chi connectivity index (χ2n) is 4.66. The molecule has 3 nitrogen and oxygen atoms in total. The van der Waals surface area contributed by atoms with E-state index in [0.717, 1.165) is 5.56 Å². The zero-order valence-electron chi connectivity index (χ0n) is 11.4. The Morgan fingerprint density at radius 3 is 2.62 bits per heavy atom. The Kier molecular flexibility index (Phi) is 5.31. The van der Waals surface area contributed by atoms with Gasteiger partial charge in [-0.3, -0.25) is 4.79 Å². The Morgan fingerprint density at radius 2 is 1.90 bits per heavy atom. The Morgan fingerprint density at radius 1 is 1.19 bits per heavy atom. The highest BCUT2D eigenvalue weighted by atomic mass is 35.5. The molecule has 1 amide bonds. The maximum Gasteiger partial charge on any atom is 0.252 e. The van der Waals surface area contributed by atoms with Crippen molar-refractivity contribution in [1.29, 1.82) is 0 Å². The smallest absolute Gasteiger partial charge is 0.252 e. The molecule has 0 heterocycles. The molecule has 0 bridgehead atoms. The number of hydrogen-bond donors (Lipinski definition) is 2. The van der Waals surface area contributed by atoms with Crippen molar-refractivity contribution in [2.45, 2.75) is 12.5 Å². The first-order valence-electron chi connectivity index (χ1n) is 6.62. The fraction of sp³-hybridized carbons (Fsp3) is 0.188. The van der Waals surface area contributed by atoms with Crippen LogP contribution in [0.5, 0.6) is 0 Å². The van der Waals surface area contributed by atoms with Gasteiger partial charge in [-0.25, -0.2) is 4.39 Å². The van der Waals surface area contributed by atoms with E-state index in [1.807, 2.05) is 30.3 Å². The Balaban J connectivity index is 1.89. The first-order valence-corrected chi connectivity index (χ1v) is 7.00. The van der Waals surface area contributed by atoms with E-state index in [2.05, 4.69) is 5.32 Å². The summed E-state index contributed by atoms with van der Waals surface area (Å²) in [5, 5.41) is 2.53. The first-order chi connectivity index (χ1) is 10.1. The number of hydrogen-bond acceptors (Lipinski definition) is 2. The van der Waals surface area contributed by atoms with E-state index in [4.69, 9.17) is 17.3 Å². The third kappa shape index (κ3) is 4.03. The van der Waals surface area contributed by atoms with Crippen LogP contribution >= 0.6 is 11.6 Å². The summed E-state index contributed by atoms with van der Waals surface area (Å²) in [7, 11) is 0. The lowest BCUT2D eigenvalue weighted by Crippen LogP contribution is -2.27. The number of nitrogens with one attached hydrogen (secondary N) is 1. The predicted molar refractivity (Wildman–Crippen MR) is 81.7 cm³/mol. The third-order valence-corrected chi connectivity index (χ3v) is 3.55. The molecule has 0 radical (unpaired) electrons. The van der Waals surface area contributed by atoms with Crippen molar-refractivity contribution < 1.29 is 9.18 Å². The largest absolute Gasteiger partial charge is 0.352 e. The van der Waals surface area contributed by atoms with Gasteiger partial charge in [-0.2, -0.15) is 0 Å². The molecule has 0 spiro atoms. The SMILES string of the molecule is NC(CCNC(=O)c1cccc(F)c1Cl)c1ccccc1. The molecule has 0 aromatic heterocycles. The first kappa shape index (κ1) is 15.5. The summed E-state index contributed by atoms with van der Waals surface area (Å²) in [5.41, 5.74) is 7.18. The summed E-state index contributed by atoms with van der Waals surface area (Å²) in [6, 6.07) is 13.6. The van der Waals surface area contributed by atoms with E-state index < -0.39 is 11.7 Å². The van der Waals surface area contributed by atoms with E-state index in [-0.39, 0.29) is 16.6 Å². The van der Waals surface area contributed by atoms with Gasteiger partial charge >= 0.3 is 0 Å². The number of benzene rings is 2. The zero-order chi connectivity index (χ0) is 15.2. The highest BCUT2D eigenvalue weighted by Crippen LogP contribution is 2.19. The minimum Gasteiger partial charge on any atom is -0.352 e. The van der Waals surface area contributed by atoms with Crippen LogP contribution in [0, 0.1) is 5.82 Å². The van der Waals surface area contributed by atoms with Crippen LogP contribution in [0.15, 0.2) is 48.5 Å². The van der Waals surface area contributed by atoms with Crippen LogP contribution in [-0.4, -0.2) is 12.5 Å². The van der Waals surface area contributed by atoms with Crippen LogP contribution in [0.4, 0.5) is 4.39 Å². The van der Waals surface area contributed by atoms with Crippen molar-refractivity contribution in [3.63, 3.8) is 0 Å². The van der Waals surface area contributed by atoms with Gasteiger partial charge in [0.15, 0.2) is 0 Å². The summed E-state index contributed by atoms with van der Waals surface area (Å²) < 4.78 is 13.3. The molecule has 21 heavy (non-hydrogen) atoms. The normalized spacial score (nSPS) is 12.0. The maximum atomic E-state index is 13.3. The van der Waals surface area contributed by atoms with Crippen molar-refractivity contribution >= 4 is 17.5 Å². The number of rotatable bonds is 5. The van der Waals surface area contributed by atoms with E-state index in [9.17, 15) is 9.18 Å². The topological polar surface area (TPSA) is 55.1 Å². The summed E-state index contributed by atoms with van der Waals surface area (Å²) in [4.78, 5) is 11.9. The molecule has 1 unspecified atom stereocenters. The van der Waals surface area contributed by atoms with Crippen LogP contribution < -0.4 is 11.1 Å². The van der Waals surface area contributed by atoms with Gasteiger partial charge in [0.05, 0.1) is 10.6 Å². The lowest BCUT2D eigenvalue weighted by Gasteiger charge is -2.13. The molecule has 0 saturated heterocycles. The second-order valence-corrected chi connectivity index (χ2v) is 5.04. The van der Waals surface area contributed by atoms with Gasteiger partial charge in [-0.05, 0) is 24.1 Å². The number of nitrogens with two attached hydrogens (primary N) is 1. The summed E-state index contributed by atoms with van der Waals surface area (Å²) in [6.07, 6.45) is 0.586. The molecule has 2 aromatic carbocycles. The Labute approximate surface area is 127 Å². The maximum absolute atomic E-state index is 13.3. The van der Waals surface area contributed by atoms with Crippen LogP contribution in [0.3, 0.4) is 0 Å². The number of carbonyl (C=O) groups excluding carboxylic acids is 1. The van der Waals surface area contributed by atoms with Crippen LogP contribution in [0.1, 0.15) is 28.4 Å². The third-order valence-electron chi connectivity index (χ3n) is 3.16. The van der Waals surface area contributed by atoms with Crippen LogP contribution in [-0.2, 0) is 0 Å². The van der Waals surface area contributed by atoms with Gasteiger partial charge in [0.25, 0.3) is 5.91 Å². The van der Waals surface area contributed by atoms with Crippen molar-refractivity contribution in [3.05, 3.63) is 70.5 Å². The van der Waals surface area contributed by atoms with E-state index in [0.29, 0.717) is 13.0 Å². The molecule has 0 fully saturated rings. The number of halogens is 2. The van der Waals surface area contributed by atoms with Crippen molar-refractivity contribution in [3.8, 4) is 0 Å². The van der Waals surface area contributed by atoms with Crippen molar-refractivity contribution in [2.24, 2.45) is 5.73 Å². The monoisotopic (exact) mass is 306 g/mol. The van der Waals surface area contributed by atoms with Crippen molar-refractivity contribution in [1.82, 2.24) is 5.32 Å². The van der Waals surface area contributed by atoms with Gasteiger partial charge in [0.1, 0.15) is 5.82 Å². The highest BCUT2D eigenvalue weighted by Gasteiger charge is 2.13. The molecule has 1 atom stereocenters. The van der Waals surface area contributed by atoms with Gasteiger partial charge in [-0.15, -0.1) is 0 Å². The zero-order valence-corrected chi connectivity index (χ0v) is 12.1. The average molecular weight is 307 g/mol. The summed E-state index contributed by atoms with van der Waals surface area (Å²) in [6.45, 7) is 0.391. The molecule has 2 aromatic rings. The number of amides is 1. The molecular formula is C16H16ClFN2O. The average Bonchev–Trinajstić information content (AvgIpc) is 2.50. The molecule has 0 saturated carbocycles. The van der Waals surface area contributed by atoms with Gasteiger partial charge in [0, 0.05) is 12.6 Å². The quantitative estimate of drug-likeness (QED) is 0.890. The molecule has 0 aliphatic carbocycles. The predicted octanol–water partition coefficient (Wildman–Crippen LogP) is 3.30. The summed E-state index contributed by atoms with van der Waals surface area (Å²) in [5.74, 6) is -1.01. The van der Waals surface area contributed by atoms with Gasteiger partial charge in [-0.1, -0.05) is 48.0 Å². The van der Waals surface area contributed by atoms with Crippen LogP contribution in [0.25, 0.3) is 0 Å². The lowest BCUT2D eigenvalue weighted by molar-refractivity contribution is 0.0952. The molecule has 2 rings (SSSR count). The minimum absolute atomic E-state index is 0.130. The van der Waals surface area contributed by atoms with Crippen LogP contribution in [0.2, 0.25) is 5.02 Å². The fourth-order valence-corrected chi connectivity index (χ4v) is 2.19. The highest BCUT2D eigenvalue weighted by molar-refractivity contribution is 6.34. The lowest BCUT2D eigenvalue weighted by atomic mass is 10.1. The molecule has 0 aliphatic heterocycles. The molecule has 0 aliphatic rings. The Bertz CT molecular complexity index is 619. The second kappa shape index (κ2) is 7.20. The van der Waals surface area contributed by atoms with Gasteiger partial charge in [0.2, 0.25) is 0 Å². The van der Waals surface area contributed by atoms with Gasteiger partial charge < -0.3 is 11.1 Å². The fourth-order valence-electron chi connectivity index (χ4n) is 1.98. The minimum atomic E-state index is -0.606.